The van der Waals surface area contributed by atoms with E-state index in [0.29, 0.717) is 12.6 Å². The Hall–Kier alpha value is -1.34. The van der Waals surface area contributed by atoms with Crippen LogP contribution in [0.4, 0.5) is 0 Å². The highest BCUT2D eigenvalue weighted by atomic mass is 32.1. The quantitative estimate of drug-likeness (QED) is 0.842. The first-order valence-corrected chi connectivity index (χ1v) is 9.02. The summed E-state index contributed by atoms with van der Waals surface area (Å²) in [5, 5.41) is 3.23. The summed E-state index contributed by atoms with van der Waals surface area (Å²) < 4.78 is 12.2. The van der Waals surface area contributed by atoms with Crippen molar-refractivity contribution < 1.29 is 9.47 Å². The summed E-state index contributed by atoms with van der Waals surface area (Å²) in [6, 6.07) is 4.46. The Morgan fingerprint density at radius 3 is 3.00 bits per heavy atom. The summed E-state index contributed by atoms with van der Waals surface area (Å²) in [6.45, 7) is 3.32. The van der Waals surface area contributed by atoms with E-state index in [-0.39, 0.29) is 12.2 Å². The molecule has 0 spiro atoms. The Morgan fingerprint density at radius 2 is 2.17 bits per heavy atom. The van der Waals surface area contributed by atoms with Crippen molar-refractivity contribution in [3.63, 3.8) is 0 Å². The molecule has 2 aliphatic rings. The molecule has 0 aromatic carbocycles. The average Bonchev–Trinajstić information content (AvgIpc) is 3.24. The minimum Gasteiger partial charge on any atom is -0.373 e. The predicted molar refractivity (Wildman–Crippen MR) is 88.1 cm³/mol. The number of hydrogen-bond donors (Lipinski definition) is 0. The van der Waals surface area contributed by atoms with Crippen LogP contribution in [0.1, 0.15) is 23.4 Å². The van der Waals surface area contributed by atoms with Gasteiger partial charge in [0.05, 0.1) is 32.0 Å². The molecule has 0 amide bonds. The van der Waals surface area contributed by atoms with Crippen molar-refractivity contribution in [2.24, 2.45) is 0 Å². The maximum absolute atomic E-state index is 6.15. The van der Waals surface area contributed by atoms with Crippen LogP contribution in [-0.2, 0) is 22.6 Å². The molecule has 0 bridgehead atoms. The van der Waals surface area contributed by atoms with Gasteiger partial charge in [-0.05, 0) is 30.5 Å². The molecule has 1 aliphatic carbocycles. The highest BCUT2D eigenvalue weighted by molar-refractivity contribution is 7.09. The molecule has 0 N–H and O–H groups in total. The summed E-state index contributed by atoms with van der Waals surface area (Å²) in [7, 11) is 0. The number of pyridine rings is 1. The average molecular weight is 331 g/mol. The zero-order valence-electron chi connectivity index (χ0n) is 13.0. The van der Waals surface area contributed by atoms with E-state index in [4.69, 9.17) is 9.47 Å². The topological polar surface area (TPSA) is 47.5 Å². The van der Waals surface area contributed by atoms with Crippen LogP contribution in [-0.4, -0.2) is 46.3 Å². The standard InChI is InChI=1S/C17H21N3O2S/c1-2-15(22-12-13-3-5-18-6-4-13)17-14(1)20(8-9-21-17)11-16-19-7-10-23-16/h3-7,10,14-15,17H,1-2,8-9,11-12H2/t14-,15+,17+/m0/s1. The third-order valence-corrected chi connectivity index (χ3v) is 5.45. The third-order valence-electron chi connectivity index (χ3n) is 4.69. The molecule has 1 aliphatic heterocycles. The highest BCUT2D eigenvalue weighted by Crippen LogP contribution is 2.33. The predicted octanol–water partition coefficient (Wildman–Crippen LogP) is 2.49. The molecular formula is C17H21N3O2S. The Morgan fingerprint density at radius 1 is 1.26 bits per heavy atom. The maximum atomic E-state index is 6.15. The second kappa shape index (κ2) is 7.05. The second-order valence-electron chi connectivity index (χ2n) is 6.08. The lowest BCUT2D eigenvalue weighted by molar-refractivity contribution is -0.118. The fourth-order valence-electron chi connectivity index (χ4n) is 3.55. The van der Waals surface area contributed by atoms with Gasteiger partial charge in [0, 0.05) is 36.6 Å². The van der Waals surface area contributed by atoms with E-state index in [0.717, 1.165) is 32.5 Å². The molecule has 0 unspecified atom stereocenters. The van der Waals surface area contributed by atoms with Crippen molar-refractivity contribution in [3.8, 4) is 0 Å². The molecule has 6 heteroatoms. The Kier molecular flexibility index (Phi) is 4.66. The van der Waals surface area contributed by atoms with Crippen LogP contribution in [0.15, 0.2) is 36.1 Å². The van der Waals surface area contributed by atoms with Crippen molar-refractivity contribution in [3.05, 3.63) is 46.7 Å². The van der Waals surface area contributed by atoms with Crippen LogP contribution >= 0.6 is 11.3 Å². The Labute approximate surface area is 140 Å². The minimum atomic E-state index is 0.186. The SMILES string of the molecule is c1cc(CO[C@@H]2CC[C@H]3[C@H]2OCCN3Cc2nccs2)ccn1. The fourth-order valence-corrected chi connectivity index (χ4v) is 4.19. The molecule has 0 radical (unpaired) electrons. The molecule has 23 heavy (non-hydrogen) atoms. The summed E-state index contributed by atoms with van der Waals surface area (Å²) >= 11 is 1.73. The minimum absolute atomic E-state index is 0.186. The van der Waals surface area contributed by atoms with Gasteiger partial charge >= 0.3 is 0 Å². The van der Waals surface area contributed by atoms with Crippen LogP contribution in [0.3, 0.4) is 0 Å². The van der Waals surface area contributed by atoms with E-state index in [1.54, 1.807) is 11.3 Å². The first-order chi connectivity index (χ1) is 11.4. The molecule has 3 heterocycles. The molecule has 2 aromatic rings. The van der Waals surface area contributed by atoms with Crippen LogP contribution in [0.5, 0.6) is 0 Å². The zero-order chi connectivity index (χ0) is 15.5. The van der Waals surface area contributed by atoms with Crippen molar-refractivity contribution in [1.29, 1.82) is 0 Å². The molecule has 4 rings (SSSR count). The van der Waals surface area contributed by atoms with E-state index in [1.807, 2.05) is 36.1 Å². The largest absolute Gasteiger partial charge is 0.373 e. The summed E-state index contributed by atoms with van der Waals surface area (Å²) in [4.78, 5) is 11.0. The number of fused-ring (bicyclic) bond motifs is 1. The number of nitrogens with zero attached hydrogens (tertiary/aromatic N) is 3. The Balaban J connectivity index is 1.37. The van der Waals surface area contributed by atoms with Crippen molar-refractivity contribution in [2.75, 3.05) is 13.2 Å². The van der Waals surface area contributed by atoms with E-state index in [2.05, 4.69) is 14.9 Å². The van der Waals surface area contributed by atoms with Gasteiger partial charge < -0.3 is 9.47 Å². The normalized spacial score (nSPS) is 27.9. The van der Waals surface area contributed by atoms with Gasteiger partial charge in [0.25, 0.3) is 0 Å². The van der Waals surface area contributed by atoms with E-state index in [1.165, 1.54) is 10.6 Å². The van der Waals surface area contributed by atoms with Gasteiger partial charge in [0.2, 0.25) is 0 Å². The zero-order valence-corrected chi connectivity index (χ0v) is 13.8. The lowest BCUT2D eigenvalue weighted by Gasteiger charge is -2.38. The van der Waals surface area contributed by atoms with Gasteiger partial charge in [-0.15, -0.1) is 11.3 Å². The Bertz CT molecular complexity index is 608. The molecule has 1 saturated heterocycles. The first-order valence-electron chi connectivity index (χ1n) is 8.15. The van der Waals surface area contributed by atoms with Crippen molar-refractivity contribution in [1.82, 2.24) is 14.9 Å². The van der Waals surface area contributed by atoms with Gasteiger partial charge in [0.1, 0.15) is 5.01 Å². The lowest BCUT2D eigenvalue weighted by Crippen LogP contribution is -2.51. The van der Waals surface area contributed by atoms with Gasteiger partial charge in [-0.3, -0.25) is 9.88 Å². The number of aromatic nitrogens is 2. The second-order valence-corrected chi connectivity index (χ2v) is 7.06. The van der Waals surface area contributed by atoms with Crippen LogP contribution < -0.4 is 0 Å². The number of rotatable bonds is 5. The number of ether oxygens (including phenoxy) is 2. The maximum Gasteiger partial charge on any atom is 0.107 e. The van der Waals surface area contributed by atoms with Crippen molar-refractivity contribution >= 4 is 11.3 Å². The van der Waals surface area contributed by atoms with Crippen LogP contribution in [0.25, 0.3) is 0 Å². The van der Waals surface area contributed by atoms with E-state index >= 15 is 0 Å². The number of thiazole rings is 1. The monoisotopic (exact) mass is 331 g/mol. The molecule has 122 valence electrons. The van der Waals surface area contributed by atoms with Crippen LogP contribution in [0.2, 0.25) is 0 Å². The molecule has 3 atom stereocenters. The lowest BCUT2D eigenvalue weighted by atomic mass is 10.1. The third kappa shape index (κ3) is 3.45. The fraction of sp³-hybridized carbons (Fsp3) is 0.529. The summed E-state index contributed by atoms with van der Waals surface area (Å²) in [5.41, 5.74) is 1.17. The number of hydrogen-bond acceptors (Lipinski definition) is 6. The van der Waals surface area contributed by atoms with Gasteiger partial charge in [-0.25, -0.2) is 4.98 Å². The smallest absolute Gasteiger partial charge is 0.107 e. The molecule has 5 nitrogen and oxygen atoms in total. The van der Waals surface area contributed by atoms with Crippen molar-refractivity contribution in [2.45, 2.75) is 44.2 Å². The van der Waals surface area contributed by atoms with E-state index < -0.39 is 0 Å². The van der Waals surface area contributed by atoms with Crippen LogP contribution in [0, 0.1) is 0 Å². The summed E-state index contributed by atoms with van der Waals surface area (Å²) in [5.74, 6) is 0. The highest BCUT2D eigenvalue weighted by Gasteiger charge is 2.43. The summed E-state index contributed by atoms with van der Waals surface area (Å²) in [6.07, 6.45) is 8.07. The first kappa shape index (κ1) is 15.2. The molecule has 2 aromatic heterocycles. The molecular weight excluding hydrogens is 310 g/mol. The van der Waals surface area contributed by atoms with Gasteiger partial charge in [-0.1, -0.05) is 0 Å². The van der Waals surface area contributed by atoms with E-state index in [9.17, 15) is 0 Å². The van der Waals surface area contributed by atoms with Gasteiger partial charge in [-0.2, -0.15) is 0 Å². The molecule has 2 fully saturated rings. The van der Waals surface area contributed by atoms with Gasteiger partial charge in [0.15, 0.2) is 0 Å². The molecule has 1 saturated carbocycles. The number of morpholine rings is 1.